The fourth-order valence-corrected chi connectivity index (χ4v) is 6.05. The Morgan fingerprint density at radius 1 is 0.759 bits per heavy atom. The average Bonchev–Trinajstić information content (AvgIpc) is 2.75. The maximum absolute atomic E-state index is 13.0. The van der Waals surface area contributed by atoms with Gasteiger partial charge in [0, 0.05) is 5.56 Å². The highest BCUT2D eigenvalue weighted by Gasteiger charge is 2.29. The van der Waals surface area contributed by atoms with E-state index in [9.17, 15) is 8.42 Å². The van der Waals surface area contributed by atoms with E-state index in [1.165, 1.54) is 62.5 Å². The molecule has 0 N–H and O–H groups in total. The van der Waals surface area contributed by atoms with Crippen molar-refractivity contribution in [3.63, 3.8) is 0 Å². The maximum atomic E-state index is 13.0. The van der Waals surface area contributed by atoms with Gasteiger partial charge in [-0.2, -0.15) is 8.42 Å². The second-order valence-corrected chi connectivity index (χ2v) is 10.3. The Morgan fingerprint density at radius 3 is 1.97 bits per heavy atom. The molecule has 2 saturated carbocycles. The fraction of sp³-hybridized carbons (Fsp3) is 0.520. The highest BCUT2D eigenvalue weighted by Crippen LogP contribution is 2.45. The van der Waals surface area contributed by atoms with Crippen LogP contribution in [0.4, 0.5) is 0 Å². The zero-order valence-electron chi connectivity index (χ0n) is 17.4. The van der Waals surface area contributed by atoms with Crippen LogP contribution in [0.3, 0.4) is 0 Å². The second kappa shape index (κ2) is 8.91. The van der Waals surface area contributed by atoms with E-state index in [0.29, 0.717) is 17.6 Å². The SMILES string of the molecule is Cc1ccc(S(=O)(=O)Oc2cccc(C3CCCCC3)c2C2CCCCC2)cc1. The molecule has 0 atom stereocenters. The van der Waals surface area contributed by atoms with Crippen molar-refractivity contribution in [3.05, 3.63) is 59.2 Å². The highest BCUT2D eigenvalue weighted by molar-refractivity contribution is 7.87. The Balaban J connectivity index is 1.72. The van der Waals surface area contributed by atoms with Gasteiger partial charge in [0.2, 0.25) is 0 Å². The lowest BCUT2D eigenvalue weighted by molar-refractivity contribution is 0.408. The lowest BCUT2D eigenvalue weighted by atomic mass is 9.75. The van der Waals surface area contributed by atoms with Crippen LogP contribution in [-0.2, 0) is 10.1 Å². The normalized spacial score (nSPS) is 19.2. The fourth-order valence-electron chi connectivity index (χ4n) is 5.10. The molecule has 2 fully saturated rings. The van der Waals surface area contributed by atoms with E-state index < -0.39 is 10.1 Å². The van der Waals surface area contributed by atoms with E-state index in [4.69, 9.17) is 4.18 Å². The summed E-state index contributed by atoms with van der Waals surface area (Å²) in [6.45, 7) is 1.95. The molecule has 0 aliphatic heterocycles. The molecular weight excluding hydrogens is 380 g/mol. The largest absolute Gasteiger partial charge is 0.379 e. The average molecular weight is 413 g/mol. The molecular formula is C25H32O3S. The van der Waals surface area contributed by atoms with Gasteiger partial charge < -0.3 is 4.18 Å². The first-order chi connectivity index (χ1) is 14.0. The summed E-state index contributed by atoms with van der Waals surface area (Å²) in [7, 11) is -3.84. The van der Waals surface area contributed by atoms with Gasteiger partial charge in [-0.3, -0.25) is 0 Å². The lowest BCUT2D eigenvalue weighted by Gasteiger charge is -2.31. The second-order valence-electron chi connectivity index (χ2n) is 8.78. The van der Waals surface area contributed by atoms with Crippen LogP contribution < -0.4 is 4.18 Å². The van der Waals surface area contributed by atoms with Crippen LogP contribution in [0.25, 0.3) is 0 Å². The Hall–Kier alpha value is -1.81. The number of aryl methyl sites for hydroxylation is 1. The van der Waals surface area contributed by atoms with Gasteiger partial charge in [-0.05, 0) is 68.2 Å². The van der Waals surface area contributed by atoms with Gasteiger partial charge in [-0.15, -0.1) is 0 Å². The van der Waals surface area contributed by atoms with Gasteiger partial charge in [0.1, 0.15) is 10.6 Å². The molecule has 0 spiro atoms. The minimum Gasteiger partial charge on any atom is -0.379 e. The monoisotopic (exact) mass is 412 g/mol. The van der Waals surface area contributed by atoms with Crippen LogP contribution in [0.15, 0.2) is 47.4 Å². The summed E-state index contributed by atoms with van der Waals surface area (Å²) in [5, 5.41) is 0. The van der Waals surface area contributed by atoms with Crippen molar-refractivity contribution in [2.75, 3.05) is 0 Å². The van der Waals surface area contributed by atoms with Crippen molar-refractivity contribution in [3.8, 4) is 5.75 Å². The molecule has 29 heavy (non-hydrogen) atoms. The van der Waals surface area contributed by atoms with E-state index in [-0.39, 0.29) is 4.90 Å². The standard InChI is InChI=1S/C25H32O3S/c1-19-15-17-22(18-16-19)29(26,27)28-24-14-8-13-23(20-9-4-2-5-10-20)25(24)21-11-6-3-7-12-21/h8,13-18,20-21H,2-7,9-12H2,1H3. The van der Waals surface area contributed by atoms with Gasteiger partial charge in [0.05, 0.1) is 0 Å². The van der Waals surface area contributed by atoms with Crippen LogP contribution in [0, 0.1) is 6.92 Å². The molecule has 4 rings (SSSR count). The predicted molar refractivity (Wildman–Crippen MR) is 117 cm³/mol. The molecule has 156 valence electrons. The van der Waals surface area contributed by atoms with Crippen LogP contribution in [0.2, 0.25) is 0 Å². The Kier molecular flexibility index (Phi) is 6.29. The molecule has 4 heteroatoms. The number of hydrogen-bond acceptors (Lipinski definition) is 3. The summed E-state index contributed by atoms with van der Waals surface area (Å²) >= 11 is 0. The molecule has 3 nitrogen and oxygen atoms in total. The highest BCUT2D eigenvalue weighted by atomic mass is 32.2. The molecule has 2 aromatic rings. The summed E-state index contributed by atoms with van der Waals surface area (Å²) in [5.41, 5.74) is 3.55. The van der Waals surface area contributed by atoms with E-state index in [1.54, 1.807) is 12.1 Å². The van der Waals surface area contributed by atoms with Crippen LogP contribution in [-0.4, -0.2) is 8.42 Å². The van der Waals surface area contributed by atoms with Gasteiger partial charge in [0.25, 0.3) is 0 Å². The van der Waals surface area contributed by atoms with Crippen molar-refractivity contribution in [1.82, 2.24) is 0 Å². The van der Waals surface area contributed by atoms with Gasteiger partial charge in [0.15, 0.2) is 0 Å². The topological polar surface area (TPSA) is 43.4 Å². The molecule has 0 saturated heterocycles. The minimum absolute atomic E-state index is 0.223. The predicted octanol–water partition coefficient (Wildman–Crippen LogP) is 6.86. The summed E-state index contributed by atoms with van der Waals surface area (Å²) in [6, 6.07) is 13.0. The summed E-state index contributed by atoms with van der Waals surface area (Å²) in [6.07, 6.45) is 12.2. The van der Waals surface area contributed by atoms with E-state index in [0.717, 1.165) is 18.4 Å². The maximum Gasteiger partial charge on any atom is 0.339 e. The van der Waals surface area contributed by atoms with Crippen LogP contribution >= 0.6 is 0 Å². The summed E-state index contributed by atoms with van der Waals surface area (Å²) in [5.74, 6) is 1.50. The third-order valence-electron chi connectivity index (χ3n) is 6.67. The van der Waals surface area contributed by atoms with Crippen LogP contribution in [0.1, 0.15) is 92.7 Å². The van der Waals surface area contributed by atoms with Gasteiger partial charge in [-0.1, -0.05) is 68.4 Å². The molecule has 0 heterocycles. The first-order valence-corrected chi connectivity index (χ1v) is 12.6. The lowest BCUT2D eigenvalue weighted by Crippen LogP contribution is -2.16. The number of rotatable bonds is 5. The molecule has 0 radical (unpaired) electrons. The quantitative estimate of drug-likeness (QED) is 0.504. The van der Waals surface area contributed by atoms with Gasteiger partial charge >= 0.3 is 10.1 Å². The molecule has 2 aromatic carbocycles. The third-order valence-corrected chi connectivity index (χ3v) is 7.92. The van der Waals surface area contributed by atoms with Gasteiger partial charge in [-0.25, -0.2) is 0 Å². The summed E-state index contributed by atoms with van der Waals surface area (Å²) in [4.78, 5) is 0.223. The Bertz CT molecular complexity index is 919. The van der Waals surface area contributed by atoms with Crippen molar-refractivity contribution < 1.29 is 12.6 Å². The third kappa shape index (κ3) is 4.69. The van der Waals surface area contributed by atoms with Crippen molar-refractivity contribution in [2.45, 2.75) is 87.9 Å². The summed E-state index contributed by atoms with van der Waals surface area (Å²) < 4.78 is 31.8. The molecule has 2 aliphatic rings. The molecule has 0 aromatic heterocycles. The smallest absolute Gasteiger partial charge is 0.339 e. The number of hydrogen-bond donors (Lipinski definition) is 0. The Morgan fingerprint density at radius 2 is 1.34 bits per heavy atom. The first kappa shape index (κ1) is 20.5. The Labute approximate surface area is 175 Å². The van der Waals surface area contributed by atoms with Crippen LogP contribution in [0.5, 0.6) is 5.75 Å². The minimum atomic E-state index is -3.84. The van der Waals surface area contributed by atoms with E-state index in [1.807, 2.05) is 31.2 Å². The zero-order valence-corrected chi connectivity index (χ0v) is 18.2. The van der Waals surface area contributed by atoms with Crippen molar-refractivity contribution in [2.24, 2.45) is 0 Å². The van der Waals surface area contributed by atoms with Crippen molar-refractivity contribution >= 4 is 10.1 Å². The number of benzene rings is 2. The molecule has 2 aliphatic carbocycles. The molecule has 0 unspecified atom stereocenters. The first-order valence-electron chi connectivity index (χ1n) is 11.2. The molecule has 0 bridgehead atoms. The molecule has 0 amide bonds. The zero-order chi connectivity index (χ0) is 20.3. The van der Waals surface area contributed by atoms with Crippen molar-refractivity contribution in [1.29, 1.82) is 0 Å². The van der Waals surface area contributed by atoms with E-state index >= 15 is 0 Å². The van der Waals surface area contributed by atoms with E-state index in [2.05, 4.69) is 6.07 Å².